The van der Waals surface area contributed by atoms with Crippen LogP contribution in [0.2, 0.25) is 0 Å². The van der Waals surface area contributed by atoms with Crippen molar-refractivity contribution in [2.75, 3.05) is 43.9 Å². The van der Waals surface area contributed by atoms with E-state index in [1.807, 2.05) is 34.6 Å². The van der Waals surface area contributed by atoms with Crippen molar-refractivity contribution in [3.05, 3.63) is 20.4 Å². The Bertz CT molecular complexity index is 550. The molecule has 0 atom stereocenters. The highest BCUT2D eigenvalue weighted by Crippen LogP contribution is 2.13. The second kappa shape index (κ2) is 33.8. The molecule has 0 amide bonds. The number of hydrogen-bond acceptors (Lipinski definition) is 5. The van der Waals surface area contributed by atoms with Gasteiger partial charge >= 0.3 is 0 Å². The molecule has 0 aliphatic rings. The molecule has 1 rings (SSSR count). The minimum atomic E-state index is -0.388. The standard InChI is InChI=1S/C18H33N3O2.C4H10.C3H8.2C2H6/c1-4-6-7-8-9-10-13-21(3)14-12-20-16-15(19-11-5-2)17(22)18(16)23;1-3-4-2;1-3-2;2*1-2/h19-20H,4-14H2,1-3H3;3-4H2,1-2H3;3H2,1-2H3;2*1-2H3. The fourth-order valence-electron chi connectivity index (χ4n) is 2.62. The number of nitrogens with one attached hydrogen (secondary N) is 2. The number of unbranched alkanes of at least 4 members (excludes halogenated alkanes) is 6. The van der Waals surface area contributed by atoms with Crippen LogP contribution < -0.4 is 21.5 Å². The molecule has 0 heterocycles. The maximum absolute atomic E-state index is 11.6. The van der Waals surface area contributed by atoms with E-state index in [1.165, 1.54) is 57.8 Å². The molecule has 2 N–H and O–H groups in total. The lowest BCUT2D eigenvalue weighted by molar-refractivity contribution is 0.335. The number of nitrogens with zero attached hydrogens (tertiary/aromatic N) is 1. The minimum absolute atomic E-state index is 0.387. The number of anilines is 2. The highest BCUT2D eigenvalue weighted by molar-refractivity contribution is 5.73. The molecule has 5 heteroatoms. The number of hydrogen-bond donors (Lipinski definition) is 2. The van der Waals surface area contributed by atoms with Crippen molar-refractivity contribution in [1.29, 1.82) is 0 Å². The van der Waals surface area contributed by atoms with Gasteiger partial charge in [-0.15, -0.1) is 0 Å². The van der Waals surface area contributed by atoms with E-state index in [1.54, 1.807) is 0 Å². The first-order chi connectivity index (χ1) is 16.4. The Balaban J connectivity index is -0.000000348. The summed E-state index contributed by atoms with van der Waals surface area (Å²) in [5, 5.41) is 6.14. The van der Waals surface area contributed by atoms with E-state index >= 15 is 0 Å². The molecule has 0 aliphatic heterocycles. The molecule has 0 spiro atoms. The van der Waals surface area contributed by atoms with Gasteiger partial charge in [-0.1, -0.05) is 121 Å². The Hall–Kier alpha value is -1.36. The van der Waals surface area contributed by atoms with Crippen molar-refractivity contribution < 1.29 is 0 Å². The Morgan fingerprint density at radius 2 is 0.971 bits per heavy atom. The van der Waals surface area contributed by atoms with Gasteiger partial charge in [0.1, 0.15) is 11.4 Å². The maximum Gasteiger partial charge on any atom is 0.253 e. The van der Waals surface area contributed by atoms with Crippen molar-refractivity contribution in [1.82, 2.24) is 4.90 Å². The molecule has 5 nitrogen and oxygen atoms in total. The van der Waals surface area contributed by atoms with Gasteiger partial charge in [-0.3, -0.25) is 9.59 Å². The second-order valence-corrected chi connectivity index (χ2v) is 8.04. The summed E-state index contributed by atoms with van der Waals surface area (Å²) in [4.78, 5) is 25.4. The third kappa shape index (κ3) is 23.8. The van der Waals surface area contributed by atoms with Crippen molar-refractivity contribution in [3.63, 3.8) is 0 Å². The van der Waals surface area contributed by atoms with Crippen LogP contribution in [0.15, 0.2) is 9.59 Å². The third-order valence-electron chi connectivity index (χ3n) is 4.65. The lowest BCUT2D eigenvalue weighted by atomic mass is 10.1. The fraction of sp³-hybridized carbons (Fsp3) is 0.862. The van der Waals surface area contributed by atoms with Crippen LogP contribution in [0, 0.1) is 0 Å². The monoisotopic (exact) mass is 485 g/mol. The van der Waals surface area contributed by atoms with Gasteiger partial charge in [-0.05, 0) is 26.4 Å². The maximum atomic E-state index is 11.6. The predicted octanol–water partition coefficient (Wildman–Crippen LogP) is 8.08. The summed E-state index contributed by atoms with van der Waals surface area (Å²) in [5.41, 5.74) is 0.162. The summed E-state index contributed by atoms with van der Waals surface area (Å²) in [6.07, 6.45) is 12.6. The van der Waals surface area contributed by atoms with E-state index in [4.69, 9.17) is 0 Å². The molecule has 0 radical (unpaired) electrons. The van der Waals surface area contributed by atoms with E-state index < -0.39 is 0 Å². The van der Waals surface area contributed by atoms with Crippen molar-refractivity contribution in [3.8, 4) is 0 Å². The molecular weight excluding hydrogens is 422 g/mol. The molecule has 34 heavy (non-hydrogen) atoms. The van der Waals surface area contributed by atoms with Gasteiger partial charge in [0, 0.05) is 19.6 Å². The lowest BCUT2D eigenvalue weighted by Crippen LogP contribution is -2.39. The predicted molar refractivity (Wildman–Crippen MR) is 159 cm³/mol. The second-order valence-electron chi connectivity index (χ2n) is 8.04. The summed E-state index contributed by atoms with van der Waals surface area (Å²) in [7, 11) is 2.10. The molecule has 0 unspecified atom stereocenters. The Morgan fingerprint density at radius 3 is 1.38 bits per heavy atom. The van der Waals surface area contributed by atoms with Crippen LogP contribution in [-0.4, -0.2) is 38.1 Å². The van der Waals surface area contributed by atoms with Gasteiger partial charge in [-0.25, -0.2) is 0 Å². The molecule has 206 valence electrons. The first-order valence-electron chi connectivity index (χ1n) is 14.4. The van der Waals surface area contributed by atoms with Crippen LogP contribution in [0.3, 0.4) is 0 Å². The average Bonchev–Trinajstić information content (AvgIpc) is 2.87. The minimum Gasteiger partial charge on any atom is -0.380 e. The van der Waals surface area contributed by atoms with Crippen LogP contribution in [0.5, 0.6) is 0 Å². The quantitative estimate of drug-likeness (QED) is 0.194. The summed E-state index contributed by atoms with van der Waals surface area (Å²) in [5.74, 6) is 0. The van der Waals surface area contributed by atoms with Crippen LogP contribution >= 0.6 is 0 Å². The summed E-state index contributed by atoms with van der Waals surface area (Å²) in [6.45, 7) is 24.2. The zero-order valence-corrected chi connectivity index (χ0v) is 25.2. The Labute approximate surface area is 214 Å². The van der Waals surface area contributed by atoms with Gasteiger partial charge in [0.15, 0.2) is 0 Å². The zero-order chi connectivity index (χ0) is 27.2. The Morgan fingerprint density at radius 1 is 0.559 bits per heavy atom. The van der Waals surface area contributed by atoms with Crippen molar-refractivity contribution in [2.24, 2.45) is 0 Å². The molecule has 0 aromatic heterocycles. The molecule has 1 aromatic rings. The molecule has 1 aromatic carbocycles. The summed E-state index contributed by atoms with van der Waals surface area (Å²) in [6, 6.07) is 0. The topological polar surface area (TPSA) is 61.4 Å². The van der Waals surface area contributed by atoms with Gasteiger partial charge in [0.2, 0.25) is 0 Å². The van der Waals surface area contributed by atoms with E-state index in [0.717, 1.165) is 26.1 Å². The molecule has 0 fully saturated rings. The molecule has 0 saturated carbocycles. The highest BCUT2D eigenvalue weighted by atomic mass is 16.2. The molecule has 0 aliphatic carbocycles. The van der Waals surface area contributed by atoms with Gasteiger partial charge in [0.25, 0.3) is 10.9 Å². The molecular formula is C29H63N3O2. The zero-order valence-electron chi connectivity index (χ0n) is 25.2. The summed E-state index contributed by atoms with van der Waals surface area (Å²) >= 11 is 0. The van der Waals surface area contributed by atoms with E-state index in [0.29, 0.717) is 17.9 Å². The van der Waals surface area contributed by atoms with Crippen molar-refractivity contribution >= 4 is 11.4 Å². The van der Waals surface area contributed by atoms with E-state index in [2.05, 4.69) is 57.2 Å². The van der Waals surface area contributed by atoms with Gasteiger partial charge < -0.3 is 15.5 Å². The van der Waals surface area contributed by atoms with Gasteiger partial charge in [0.05, 0.1) is 0 Å². The highest BCUT2D eigenvalue weighted by Gasteiger charge is 2.19. The smallest absolute Gasteiger partial charge is 0.253 e. The van der Waals surface area contributed by atoms with Gasteiger partial charge in [-0.2, -0.15) is 0 Å². The average molecular weight is 486 g/mol. The van der Waals surface area contributed by atoms with Crippen LogP contribution in [0.1, 0.15) is 133 Å². The number of likely N-dealkylation sites (N-methyl/N-ethyl adjacent to an activating group) is 1. The van der Waals surface area contributed by atoms with Crippen LogP contribution in [0.4, 0.5) is 11.4 Å². The fourth-order valence-corrected chi connectivity index (χ4v) is 2.62. The van der Waals surface area contributed by atoms with Crippen molar-refractivity contribution in [2.45, 2.75) is 133 Å². The number of rotatable bonds is 15. The summed E-state index contributed by atoms with van der Waals surface area (Å²) < 4.78 is 0. The van der Waals surface area contributed by atoms with Crippen LogP contribution in [0.25, 0.3) is 0 Å². The lowest BCUT2D eigenvalue weighted by Gasteiger charge is -2.19. The first-order valence-corrected chi connectivity index (χ1v) is 14.4. The molecule has 0 bridgehead atoms. The Kier molecular flexibility index (Phi) is 39.6. The van der Waals surface area contributed by atoms with Crippen LogP contribution in [-0.2, 0) is 0 Å². The molecule has 0 saturated heterocycles. The largest absolute Gasteiger partial charge is 0.380 e. The normalized spacial score (nSPS) is 9.41. The SMILES string of the molecule is CC.CC.CCC.CCCC.CCCCCCCCN(C)CCNc1c(NCCC)c(=O)c1=O. The first kappa shape index (κ1) is 39.8. The van der Waals surface area contributed by atoms with E-state index in [-0.39, 0.29) is 10.9 Å². The third-order valence-corrected chi connectivity index (χ3v) is 4.65. The van der Waals surface area contributed by atoms with E-state index in [9.17, 15) is 9.59 Å².